The molecule has 0 bridgehead atoms. The third-order valence-corrected chi connectivity index (χ3v) is 5.73. The van der Waals surface area contributed by atoms with Crippen LogP contribution in [0, 0.1) is 0 Å². The van der Waals surface area contributed by atoms with E-state index in [1.165, 1.54) is 38.1 Å². The maximum atomic E-state index is 11.1. The molecular formula is C15H29BrO2Si. The van der Waals surface area contributed by atoms with Gasteiger partial charge in [0.1, 0.15) is 6.69 Å². The van der Waals surface area contributed by atoms with Gasteiger partial charge >= 0.3 is 5.97 Å². The summed E-state index contributed by atoms with van der Waals surface area (Å²) in [5, 5.41) is 0. The van der Waals surface area contributed by atoms with Gasteiger partial charge in [0, 0.05) is 5.57 Å². The summed E-state index contributed by atoms with van der Waals surface area (Å²) >= 11 is 3.80. The smallest absolute Gasteiger partial charge is 0.333 e. The van der Waals surface area contributed by atoms with E-state index in [2.05, 4.69) is 35.0 Å². The number of carbonyl (C=O) groups excluding carboxylic acids is 1. The predicted octanol–water partition coefficient (Wildman–Crippen LogP) is 5.44. The Morgan fingerprint density at radius 1 is 1.05 bits per heavy atom. The van der Waals surface area contributed by atoms with Gasteiger partial charge in [-0.15, -0.1) is 15.3 Å². The van der Waals surface area contributed by atoms with Crippen molar-refractivity contribution in [2.24, 2.45) is 0 Å². The summed E-state index contributed by atoms with van der Waals surface area (Å²) in [6, 6.07) is 1.38. The molecule has 0 fully saturated rings. The lowest BCUT2D eigenvalue weighted by atomic mass is 10.1. The Labute approximate surface area is 127 Å². The lowest BCUT2D eigenvalue weighted by Gasteiger charge is -2.12. The Hall–Kier alpha value is -0.0931. The van der Waals surface area contributed by atoms with Crippen molar-refractivity contribution in [3.8, 4) is 0 Å². The van der Waals surface area contributed by atoms with Crippen molar-refractivity contribution < 1.29 is 9.53 Å². The quantitative estimate of drug-likeness (QED) is 0.163. The van der Waals surface area contributed by atoms with E-state index in [9.17, 15) is 4.79 Å². The largest absolute Gasteiger partial charge is 0.462 e. The standard InChI is InChI=1S/C15H29BrO2Si/c1-14(2)15(17)18-12-10-8-6-5-7-9-11-13-19(3,4)16/h1,5-13H2,2-4H3. The number of unbranched alkanes of at least 4 members (excludes halogenated alkanes) is 6. The Morgan fingerprint density at radius 2 is 1.53 bits per heavy atom. The maximum Gasteiger partial charge on any atom is 0.333 e. The molecule has 0 rings (SSSR count). The van der Waals surface area contributed by atoms with Crippen LogP contribution in [0.3, 0.4) is 0 Å². The van der Waals surface area contributed by atoms with E-state index in [1.807, 2.05) is 0 Å². The van der Waals surface area contributed by atoms with Crippen LogP contribution in [-0.4, -0.2) is 19.3 Å². The molecule has 4 heteroatoms. The number of esters is 1. The summed E-state index contributed by atoms with van der Waals surface area (Å²) in [6.07, 6.45) is 8.73. The first-order valence-corrected chi connectivity index (χ1v) is 12.8. The summed E-state index contributed by atoms with van der Waals surface area (Å²) in [5.41, 5.74) is 0.485. The summed E-state index contributed by atoms with van der Waals surface area (Å²) in [5.74, 6) is -0.262. The molecule has 0 aliphatic heterocycles. The first-order valence-electron chi connectivity index (χ1n) is 7.34. The fraction of sp³-hybridized carbons (Fsp3) is 0.800. The van der Waals surface area contributed by atoms with Crippen molar-refractivity contribution in [1.82, 2.24) is 0 Å². The molecule has 0 aliphatic carbocycles. The SMILES string of the molecule is C=C(C)C(=O)OCCCCCCCCC[Si](C)(C)Br. The summed E-state index contributed by atoms with van der Waals surface area (Å²) < 4.78 is 5.05. The monoisotopic (exact) mass is 348 g/mol. The van der Waals surface area contributed by atoms with Crippen LogP contribution in [0.2, 0.25) is 19.1 Å². The molecule has 0 unspecified atom stereocenters. The minimum absolute atomic E-state index is 0.262. The lowest BCUT2D eigenvalue weighted by molar-refractivity contribution is -0.139. The minimum Gasteiger partial charge on any atom is -0.462 e. The van der Waals surface area contributed by atoms with Gasteiger partial charge in [0.2, 0.25) is 0 Å². The van der Waals surface area contributed by atoms with Gasteiger partial charge in [-0.3, -0.25) is 0 Å². The molecule has 0 amide bonds. The van der Waals surface area contributed by atoms with Gasteiger partial charge in [-0.2, -0.15) is 0 Å². The van der Waals surface area contributed by atoms with E-state index in [-0.39, 0.29) is 5.97 Å². The molecule has 112 valence electrons. The second-order valence-corrected chi connectivity index (χ2v) is 16.2. The van der Waals surface area contributed by atoms with Crippen LogP contribution in [0.25, 0.3) is 0 Å². The lowest BCUT2D eigenvalue weighted by Crippen LogP contribution is -2.13. The van der Waals surface area contributed by atoms with E-state index in [4.69, 9.17) is 4.74 Å². The van der Waals surface area contributed by atoms with Crippen LogP contribution in [0.1, 0.15) is 51.9 Å². The van der Waals surface area contributed by atoms with Gasteiger partial charge in [0.25, 0.3) is 0 Å². The molecule has 0 N–H and O–H groups in total. The second-order valence-electron chi connectivity index (χ2n) is 5.86. The number of halogens is 1. The first kappa shape index (κ1) is 18.9. The van der Waals surface area contributed by atoms with Crippen LogP contribution < -0.4 is 0 Å². The van der Waals surface area contributed by atoms with Crippen LogP contribution in [0.15, 0.2) is 12.2 Å². The Bertz CT molecular complexity index is 272. The molecule has 0 atom stereocenters. The molecule has 0 aromatic carbocycles. The average molecular weight is 349 g/mol. The van der Waals surface area contributed by atoms with Gasteiger partial charge in [-0.1, -0.05) is 58.2 Å². The number of rotatable bonds is 11. The van der Waals surface area contributed by atoms with Crippen LogP contribution in [0.5, 0.6) is 0 Å². The highest BCUT2D eigenvalue weighted by Crippen LogP contribution is 2.21. The molecule has 0 heterocycles. The fourth-order valence-corrected chi connectivity index (χ4v) is 3.75. The van der Waals surface area contributed by atoms with Gasteiger partial charge < -0.3 is 4.74 Å². The molecule has 0 radical (unpaired) electrons. The van der Waals surface area contributed by atoms with Crippen molar-refractivity contribution in [2.45, 2.75) is 71.0 Å². The van der Waals surface area contributed by atoms with Crippen LogP contribution in [0.4, 0.5) is 0 Å². The summed E-state index contributed by atoms with van der Waals surface area (Å²) in [4.78, 5) is 11.1. The maximum absolute atomic E-state index is 11.1. The molecule has 0 spiro atoms. The molecular weight excluding hydrogens is 320 g/mol. The summed E-state index contributed by atoms with van der Waals surface area (Å²) in [7, 11) is 0. The zero-order chi connectivity index (χ0) is 14.7. The minimum atomic E-state index is -1.01. The average Bonchev–Trinajstić information content (AvgIpc) is 2.29. The molecule has 0 aromatic rings. The van der Waals surface area contributed by atoms with Crippen molar-refractivity contribution in [2.75, 3.05) is 6.61 Å². The molecule has 2 nitrogen and oxygen atoms in total. The van der Waals surface area contributed by atoms with Gasteiger partial charge in [-0.05, 0) is 19.4 Å². The Balaban J connectivity index is 3.20. The van der Waals surface area contributed by atoms with Gasteiger partial charge in [0.05, 0.1) is 6.61 Å². The van der Waals surface area contributed by atoms with E-state index < -0.39 is 6.69 Å². The number of hydrogen-bond acceptors (Lipinski definition) is 2. The van der Waals surface area contributed by atoms with Crippen LogP contribution >= 0.6 is 15.3 Å². The Morgan fingerprint density at radius 3 is 2.00 bits per heavy atom. The molecule has 0 saturated carbocycles. The molecule has 0 saturated heterocycles. The summed E-state index contributed by atoms with van der Waals surface area (Å²) in [6.45, 7) is 9.49. The second kappa shape index (κ2) is 10.7. The highest BCUT2D eigenvalue weighted by Gasteiger charge is 2.14. The predicted molar refractivity (Wildman–Crippen MR) is 89.3 cm³/mol. The van der Waals surface area contributed by atoms with Crippen molar-refractivity contribution in [3.63, 3.8) is 0 Å². The normalized spacial score (nSPS) is 11.4. The van der Waals surface area contributed by atoms with Crippen molar-refractivity contribution in [1.29, 1.82) is 0 Å². The number of hydrogen-bond donors (Lipinski definition) is 0. The Kier molecular flexibility index (Phi) is 10.6. The van der Waals surface area contributed by atoms with Gasteiger partial charge in [-0.25, -0.2) is 4.79 Å². The highest BCUT2D eigenvalue weighted by molar-refractivity contribution is 9.26. The van der Waals surface area contributed by atoms with E-state index in [0.717, 1.165) is 12.8 Å². The molecule has 0 aromatic heterocycles. The zero-order valence-electron chi connectivity index (χ0n) is 12.8. The van der Waals surface area contributed by atoms with Crippen LogP contribution in [-0.2, 0) is 9.53 Å². The van der Waals surface area contributed by atoms with E-state index >= 15 is 0 Å². The topological polar surface area (TPSA) is 26.3 Å². The number of carbonyl (C=O) groups is 1. The zero-order valence-corrected chi connectivity index (χ0v) is 15.4. The van der Waals surface area contributed by atoms with Gasteiger partial charge in [0.15, 0.2) is 0 Å². The number of ether oxygens (including phenoxy) is 1. The molecule has 0 aliphatic rings. The van der Waals surface area contributed by atoms with E-state index in [0.29, 0.717) is 12.2 Å². The van der Waals surface area contributed by atoms with Crippen molar-refractivity contribution >= 4 is 28.0 Å². The highest BCUT2D eigenvalue weighted by atomic mass is 79.9. The fourth-order valence-electron chi connectivity index (χ4n) is 1.82. The van der Waals surface area contributed by atoms with Crippen molar-refractivity contribution in [3.05, 3.63) is 12.2 Å². The van der Waals surface area contributed by atoms with E-state index in [1.54, 1.807) is 6.92 Å². The first-order chi connectivity index (χ1) is 8.83. The molecule has 19 heavy (non-hydrogen) atoms. The third kappa shape index (κ3) is 14.1. The third-order valence-electron chi connectivity index (χ3n) is 3.00.